The molecule has 2 aromatic carbocycles. The number of sulfone groups is 1. The minimum atomic E-state index is -3.88. The van der Waals surface area contributed by atoms with E-state index >= 15 is 0 Å². The predicted molar refractivity (Wildman–Crippen MR) is 156 cm³/mol. The molecular weight excluding hydrogens is 548 g/mol. The molecule has 0 radical (unpaired) electrons. The van der Waals surface area contributed by atoms with E-state index in [1.165, 1.54) is 24.3 Å². The van der Waals surface area contributed by atoms with Crippen LogP contribution in [0.25, 0.3) is 6.08 Å². The van der Waals surface area contributed by atoms with Gasteiger partial charge in [0, 0.05) is 67.8 Å². The van der Waals surface area contributed by atoms with Gasteiger partial charge in [-0.15, -0.1) is 0 Å². The summed E-state index contributed by atoms with van der Waals surface area (Å²) in [5.74, 6) is -0.576. The summed E-state index contributed by atoms with van der Waals surface area (Å²) in [6.45, 7) is 3.44. The van der Waals surface area contributed by atoms with Crippen molar-refractivity contribution in [3.63, 3.8) is 0 Å². The van der Waals surface area contributed by atoms with E-state index in [0.29, 0.717) is 49.9 Å². The van der Waals surface area contributed by atoms with E-state index in [2.05, 4.69) is 9.88 Å². The fraction of sp³-hybridized carbons (Fsp3) is 0.300. The Labute approximate surface area is 239 Å². The number of benzene rings is 2. The standard InChI is InChI=1S/C30H31ClN4O4S/c31-24-6-4-23(5-7-24)12-21-40(38,39)26-8-9-27(28(22-26)30(37)34-15-2-1-3-16-34)29(36)35-19-17-33(18-20-35)25-10-13-32-14-11-25/h4-14,21-22H,1-3,15-20H2/b21-12+. The molecule has 8 nitrogen and oxygen atoms in total. The summed E-state index contributed by atoms with van der Waals surface area (Å²) in [5, 5.41) is 1.67. The minimum Gasteiger partial charge on any atom is -0.368 e. The number of halogens is 1. The largest absolute Gasteiger partial charge is 0.368 e. The molecule has 3 heterocycles. The second-order valence-corrected chi connectivity index (χ2v) is 12.2. The number of piperazine rings is 1. The Hall–Kier alpha value is -3.69. The molecular formula is C30H31ClN4O4S. The van der Waals surface area contributed by atoms with Crippen LogP contribution in [0, 0.1) is 0 Å². The van der Waals surface area contributed by atoms with Crippen molar-refractivity contribution in [2.45, 2.75) is 24.2 Å². The van der Waals surface area contributed by atoms with Gasteiger partial charge in [0.15, 0.2) is 9.84 Å². The fourth-order valence-corrected chi connectivity index (χ4v) is 6.20. The number of likely N-dealkylation sites (tertiary alicyclic amines) is 1. The van der Waals surface area contributed by atoms with Crippen LogP contribution in [0.2, 0.25) is 5.02 Å². The molecule has 2 aliphatic heterocycles. The van der Waals surface area contributed by atoms with Crippen LogP contribution in [0.1, 0.15) is 45.5 Å². The fourth-order valence-electron chi connectivity index (χ4n) is 5.04. The Morgan fingerprint density at radius 2 is 1.38 bits per heavy atom. The van der Waals surface area contributed by atoms with Crippen LogP contribution in [0.3, 0.4) is 0 Å². The number of carbonyl (C=O) groups excluding carboxylic acids is 2. The second-order valence-electron chi connectivity index (χ2n) is 9.94. The lowest BCUT2D eigenvalue weighted by Crippen LogP contribution is -2.49. The molecule has 3 aromatic rings. The van der Waals surface area contributed by atoms with Gasteiger partial charge in [-0.25, -0.2) is 8.42 Å². The number of piperidine rings is 1. The average Bonchev–Trinajstić information content (AvgIpc) is 3.01. The van der Waals surface area contributed by atoms with Gasteiger partial charge in [-0.2, -0.15) is 0 Å². The van der Waals surface area contributed by atoms with Crippen molar-refractivity contribution < 1.29 is 18.0 Å². The van der Waals surface area contributed by atoms with Crippen molar-refractivity contribution in [2.75, 3.05) is 44.2 Å². The predicted octanol–water partition coefficient (Wildman–Crippen LogP) is 4.77. The summed E-state index contributed by atoms with van der Waals surface area (Å²) >= 11 is 5.93. The van der Waals surface area contributed by atoms with Crippen LogP contribution in [0.5, 0.6) is 0 Å². The van der Waals surface area contributed by atoms with Crippen LogP contribution in [-0.2, 0) is 9.84 Å². The number of hydrogen-bond acceptors (Lipinski definition) is 6. The SMILES string of the molecule is O=C(c1cc(S(=O)(=O)/C=C/c2ccc(Cl)cc2)ccc1C(=O)N1CCN(c2ccncc2)CC1)N1CCCCC1. The van der Waals surface area contributed by atoms with Gasteiger partial charge in [0.1, 0.15) is 0 Å². The summed E-state index contributed by atoms with van der Waals surface area (Å²) in [5.41, 5.74) is 2.08. The summed E-state index contributed by atoms with van der Waals surface area (Å²) in [6, 6.07) is 14.9. The smallest absolute Gasteiger partial charge is 0.254 e. The van der Waals surface area contributed by atoms with Crippen molar-refractivity contribution in [3.8, 4) is 0 Å². The quantitative estimate of drug-likeness (QED) is 0.418. The third-order valence-corrected chi connectivity index (χ3v) is 8.99. The maximum Gasteiger partial charge on any atom is 0.254 e. The molecule has 0 N–H and O–H groups in total. The van der Waals surface area contributed by atoms with Crippen molar-refractivity contribution >= 4 is 45.0 Å². The van der Waals surface area contributed by atoms with Crippen LogP contribution in [0.4, 0.5) is 5.69 Å². The lowest BCUT2D eigenvalue weighted by molar-refractivity contribution is 0.0694. The van der Waals surface area contributed by atoms with E-state index in [1.807, 2.05) is 12.1 Å². The van der Waals surface area contributed by atoms with Crippen molar-refractivity contribution in [1.29, 1.82) is 0 Å². The lowest BCUT2D eigenvalue weighted by Gasteiger charge is -2.36. The Morgan fingerprint density at radius 3 is 2.05 bits per heavy atom. The first-order valence-corrected chi connectivity index (χ1v) is 15.3. The molecule has 2 aliphatic rings. The molecule has 0 unspecified atom stereocenters. The molecule has 1 aromatic heterocycles. The molecule has 0 saturated carbocycles. The summed E-state index contributed by atoms with van der Waals surface area (Å²) in [6.07, 6.45) is 7.78. The van der Waals surface area contributed by atoms with Gasteiger partial charge in [0.25, 0.3) is 11.8 Å². The van der Waals surface area contributed by atoms with Crippen molar-refractivity contribution in [1.82, 2.24) is 14.8 Å². The Bertz CT molecular complexity index is 1500. The Kier molecular flexibility index (Phi) is 8.52. The van der Waals surface area contributed by atoms with Crippen molar-refractivity contribution in [3.05, 3.63) is 94.1 Å². The number of aromatic nitrogens is 1. The maximum atomic E-state index is 13.7. The number of amides is 2. The van der Waals surface area contributed by atoms with Gasteiger partial charge in [-0.05, 0) is 73.4 Å². The summed E-state index contributed by atoms with van der Waals surface area (Å²) in [7, 11) is -3.88. The van der Waals surface area contributed by atoms with Gasteiger partial charge in [0.05, 0.1) is 16.0 Å². The number of nitrogens with zero attached hydrogens (tertiary/aromatic N) is 4. The van der Waals surface area contributed by atoms with Crippen molar-refractivity contribution in [2.24, 2.45) is 0 Å². The van der Waals surface area contributed by atoms with E-state index in [1.54, 1.807) is 46.5 Å². The van der Waals surface area contributed by atoms with Gasteiger partial charge >= 0.3 is 0 Å². The molecule has 10 heteroatoms. The molecule has 208 valence electrons. The molecule has 0 spiro atoms. The molecule has 0 atom stereocenters. The lowest BCUT2D eigenvalue weighted by atomic mass is 10.0. The van der Waals surface area contributed by atoms with E-state index in [9.17, 15) is 18.0 Å². The van der Waals surface area contributed by atoms with E-state index in [4.69, 9.17) is 11.6 Å². The van der Waals surface area contributed by atoms with Crippen LogP contribution in [0.15, 0.2) is 77.3 Å². The van der Waals surface area contributed by atoms with Gasteiger partial charge < -0.3 is 14.7 Å². The summed E-state index contributed by atoms with van der Waals surface area (Å²) < 4.78 is 26.5. The number of anilines is 1. The van der Waals surface area contributed by atoms with E-state index in [0.717, 1.165) is 30.4 Å². The molecule has 5 rings (SSSR count). The van der Waals surface area contributed by atoms with Crippen LogP contribution < -0.4 is 4.90 Å². The molecule has 0 bridgehead atoms. The first-order valence-electron chi connectivity index (χ1n) is 13.4. The number of hydrogen-bond donors (Lipinski definition) is 0. The van der Waals surface area contributed by atoms with Gasteiger partial charge in [-0.3, -0.25) is 14.6 Å². The van der Waals surface area contributed by atoms with Gasteiger partial charge in [0.2, 0.25) is 0 Å². The number of pyridine rings is 1. The zero-order valence-corrected chi connectivity index (χ0v) is 23.7. The molecule has 40 heavy (non-hydrogen) atoms. The molecule has 2 fully saturated rings. The highest BCUT2D eigenvalue weighted by Crippen LogP contribution is 2.25. The average molecular weight is 579 g/mol. The summed E-state index contributed by atoms with van der Waals surface area (Å²) in [4.78, 5) is 37.0. The zero-order valence-electron chi connectivity index (χ0n) is 22.1. The monoisotopic (exact) mass is 578 g/mol. The molecule has 2 saturated heterocycles. The van der Waals surface area contributed by atoms with E-state index < -0.39 is 9.84 Å². The van der Waals surface area contributed by atoms with Crippen LogP contribution >= 0.6 is 11.6 Å². The molecule has 2 amide bonds. The number of rotatable bonds is 6. The number of carbonyl (C=O) groups is 2. The topological polar surface area (TPSA) is 90.9 Å². The van der Waals surface area contributed by atoms with E-state index in [-0.39, 0.29) is 27.8 Å². The highest BCUT2D eigenvalue weighted by Gasteiger charge is 2.29. The first-order chi connectivity index (χ1) is 19.3. The Morgan fingerprint density at radius 1 is 0.750 bits per heavy atom. The maximum absolute atomic E-state index is 13.7. The van der Waals surface area contributed by atoms with Gasteiger partial charge in [-0.1, -0.05) is 23.7 Å². The molecule has 0 aliphatic carbocycles. The first kappa shape index (κ1) is 27.9. The Balaban J connectivity index is 1.41. The highest BCUT2D eigenvalue weighted by molar-refractivity contribution is 7.94. The zero-order chi connectivity index (χ0) is 28.1. The minimum absolute atomic E-state index is 0.0304. The third kappa shape index (κ3) is 6.37. The second kappa shape index (κ2) is 12.2. The highest BCUT2D eigenvalue weighted by atomic mass is 35.5. The van der Waals surface area contributed by atoms with Crippen LogP contribution in [-0.4, -0.2) is 74.3 Å². The third-order valence-electron chi connectivity index (χ3n) is 7.33. The normalized spacial score (nSPS) is 16.4.